The number of hydrogen-bond acceptors (Lipinski definition) is 5. The minimum Gasteiger partial charge on any atom is -0.454 e. The summed E-state index contributed by atoms with van der Waals surface area (Å²) in [5, 5.41) is 5.44. The summed E-state index contributed by atoms with van der Waals surface area (Å²) in [6.07, 6.45) is 1.35. The topological polar surface area (TPSA) is 97.4 Å². The number of carbonyl (C=O) groups is 3. The van der Waals surface area contributed by atoms with E-state index in [9.17, 15) is 14.4 Å². The molecular formula is C18H17Cl2N3O4. The standard InChI is InChI=1S/C18H17Cl2N3O4/c1-10-5-3-4-6-12(10)18(26)22-8-15(25)27-9-14(24)23-17-16(20)11(2)13(19)7-21-17/h3-7H,8-9H2,1-2H3,(H,22,26)(H,21,23,24). The highest BCUT2D eigenvalue weighted by atomic mass is 35.5. The van der Waals surface area contributed by atoms with E-state index in [1.54, 1.807) is 32.0 Å². The minimum absolute atomic E-state index is 0.118. The summed E-state index contributed by atoms with van der Waals surface area (Å²) in [7, 11) is 0. The predicted octanol–water partition coefficient (Wildman–Crippen LogP) is 2.92. The van der Waals surface area contributed by atoms with Crippen LogP contribution in [0.25, 0.3) is 0 Å². The maximum atomic E-state index is 12.0. The Hall–Kier alpha value is -2.64. The lowest BCUT2D eigenvalue weighted by Crippen LogP contribution is -2.32. The van der Waals surface area contributed by atoms with Crippen molar-refractivity contribution >= 4 is 46.8 Å². The molecule has 0 aliphatic heterocycles. The highest BCUT2D eigenvalue weighted by molar-refractivity contribution is 6.37. The van der Waals surface area contributed by atoms with Gasteiger partial charge in [-0.1, -0.05) is 41.4 Å². The zero-order valence-electron chi connectivity index (χ0n) is 14.6. The van der Waals surface area contributed by atoms with Gasteiger partial charge in [0.15, 0.2) is 12.4 Å². The summed E-state index contributed by atoms with van der Waals surface area (Å²) in [6.45, 7) is 2.56. The van der Waals surface area contributed by atoms with E-state index >= 15 is 0 Å². The molecule has 9 heteroatoms. The maximum Gasteiger partial charge on any atom is 0.325 e. The summed E-state index contributed by atoms with van der Waals surface area (Å²) in [5.74, 6) is -1.65. The average Bonchev–Trinajstić information content (AvgIpc) is 2.65. The molecule has 1 aromatic carbocycles. The number of amides is 2. The van der Waals surface area contributed by atoms with Crippen LogP contribution in [0, 0.1) is 13.8 Å². The van der Waals surface area contributed by atoms with Crippen molar-refractivity contribution < 1.29 is 19.1 Å². The van der Waals surface area contributed by atoms with Gasteiger partial charge in [0.1, 0.15) is 6.54 Å². The van der Waals surface area contributed by atoms with Gasteiger partial charge >= 0.3 is 5.97 Å². The zero-order chi connectivity index (χ0) is 20.0. The molecule has 0 spiro atoms. The molecule has 0 saturated heterocycles. The first-order chi connectivity index (χ1) is 12.8. The fourth-order valence-corrected chi connectivity index (χ4v) is 2.47. The monoisotopic (exact) mass is 409 g/mol. The fraction of sp³-hybridized carbons (Fsp3) is 0.222. The van der Waals surface area contributed by atoms with Crippen LogP contribution in [0.4, 0.5) is 5.82 Å². The molecule has 27 heavy (non-hydrogen) atoms. The molecule has 2 aromatic rings. The van der Waals surface area contributed by atoms with Crippen LogP contribution in [0.15, 0.2) is 30.5 Å². The molecule has 2 rings (SSSR count). The normalized spacial score (nSPS) is 10.2. The second-order valence-electron chi connectivity index (χ2n) is 5.60. The van der Waals surface area contributed by atoms with E-state index in [1.807, 2.05) is 6.07 Å². The van der Waals surface area contributed by atoms with Crippen molar-refractivity contribution in [3.63, 3.8) is 0 Å². The first kappa shape index (κ1) is 20.7. The number of aryl methyl sites for hydroxylation is 1. The van der Waals surface area contributed by atoms with Crippen LogP contribution in [0.3, 0.4) is 0 Å². The number of pyridine rings is 1. The Morgan fingerprint density at radius 2 is 1.85 bits per heavy atom. The molecule has 0 aliphatic rings. The fourth-order valence-electron chi connectivity index (χ4n) is 2.08. The van der Waals surface area contributed by atoms with E-state index in [1.165, 1.54) is 6.20 Å². The minimum atomic E-state index is -0.751. The third kappa shape index (κ3) is 5.67. The Balaban J connectivity index is 1.80. The Labute approximate surface area is 166 Å². The lowest BCUT2D eigenvalue weighted by Gasteiger charge is -2.10. The number of carbonyl (C=O) groups excluding carboxylic acids is 3. The molecule has 0 bridgehead atoms. The summed E-state index contributed by atoms with van der Waals surface area (Å²) >= 11 is 11.9. The van der Waals surface area contributed by atoms with Gasteiger partial charge in [-0.2, -0.15) is 0 Å². The van der Waals surface area contributed by atoms with Crippen LogP contribution < -0.4 is 10.6 Å². The van der Waals surface area contributed by atoms with Crippen molar-refractivity contribution in [1.82, 2.24) is 10.3 Å². The van der Waals surface area contributed by atoms with Crippen molar-refractivity contribution in [2.75, 3.05) is 18.5 Å². The van der Waals surface area contributed by atoms with E-state index < -0.39 is 24.4 Å². The van der Waals surface area contributed by atoms with E-state index in [-0.39, 0.29) is 17.4 Å². The Bertz CT molecular complexity index is 887. The van der Waals surface area contributed by atoms with E-state index in [4.69, 9.17) is 27.9 Å². The molecular weight excluding hydrogens is 393 g/mol. The summed E-state index contributed by atoms with van der Waals surface area (Å²) in [5.41, 5.74) is 1.81. The lowest BCUT2D eigenvalue weighted by atomic mass is 10.1. The number of anilines is 1. The molecule has 1 aromatic heterocycles. The van der Waals surface area contributed by atoms with Crippen molar-refractivity contribution in [3.8, 4) is 0 Å². The maximum absolute atomic E-state index is 12.0. The van der Waals surface area contributed by atoms with Gasteiger partial charge in [-0.15, -0.1) is 0 Å². The highest BCUT2D eigenvalue weighted by Crippen LogP contribution is 2.28. The third-order valence-electron chi connectivity index (χ3n) is 3.61. The quantitative estimate of drug-likeness (QED) is 0.714. The molecule has 0 saturated carbocycles. The number of halogens is 2. The number of esters is 1. The Kier molecular flexibility index (Phi) is 7.15. The van der Waals surface area contributed by atoms with Gasteiger partial charge in [0, 0.05) is 11.8 Å². The summed E-state index contributed by atoms with van der Waals surface area (Å²) in [4.78, 5) is 39.5. The van der Waals surface area contributed by atoms with Crippen LogP contribution in [0.1, 0.15) is 21.5 Å². The molecule has 2 amide bonds. The van der Waals surface area contributed by atoms with Crippen LogP contribution >= 0.6 is 23.2 Å². The van der Waals surface area contributed by atoms with Crippen molar-refractivity contribution in [2.45, 2.75) is 13.8 Å². The number of hydrogen-bond donors (Lipinski definition) is 2. The Morgan fingerprint density at radius 3 is 2.56 bits per heavy atom. The number of ether oxygens (including phenoxy) is 1. The molecule has 2 N–H and O–H groups in total. The van der Waals surface area contributed by atoms with Gasteiger partial charge in [0.2, 0.25) is 0 Å². The molecule has 0 radical (unpaired) electrons. The summed E-state index contributed by atoms with van der Waals surface area (Å²) < 4.78 is 4.82. The van der Waals surface area contributed by atoms with Crippen LogP contribution in [0.5, 0.6) is 0 Å². The van der Waals surface area contributed by atoms with Gasteiger partial charge in [0.05, 0.1) is 10.0 Å². The van der Waals surface area contributed by atoms with Crippen LogP contribution in [0.2, 0.25) is 10.0 Å². The molecule has 0 aliphatic carbocycles. The van der Waals surface area contributed by atoms with Crippen molar-refractivity contribution in [2.24, 2.45) is 0 Å². The number of nitrogens with one attached hydrogen (secondary N) is 2. The first-order valence-corrected chi connectivity index (χ1v) is 8.65. The molecule has 0 unspecified atom stereocenters. The van der Waals surface area contributed by atoms with E-state index in [0.29, 0.717) is 16.1 Å². The first-order valence-electron chi connectivity index (χ1n) is 7.89. The second kappa shape index (κ2) is 9.34. The molecule has 0 atom stereocenters. The molecule has 0 fully saturated rings. The third-order valence-corrected chi connectivity index (χ3v) is 4.45. The van der Waals surface area contributed by atoms with E-state index in [0.717, 1.165) is 5.56 Å². The van der Waals surface area contributed by atoms with Gasteiger partial charge < -0.3 is 15.4 Å². The largest absolute Gasteiger partial charge is 0.454 e. The Morgan fingerprint density at radius 1 is 1.15 bits per heavy atom. The molecule has 142 valence electrons. The zero-order valence-corrected chi connectivity index (χ0v) is 16.1. The summed E-state index contributed by atoms with van der Waals surface area (Å²) in [6, 6.07) is 6.97. The van der Waals surface area contributed by atoms with Gasteiger partial charge in [-0.25, -0.2) is 4.98 Å². The molecule has 7 nitrogen and oxygen atoms in total. The highest BCUT2D eigenvalue weighted by Gasteiger charge is 2.14. The van der Waals surface area contributed by atoms with Crippen LogP contribution in [-0.2, 0) is 14.3 Å². The smallest absolute Gasteiger partial charge is 0.325 e. The molecule has 1 heterocycles. The van der Waals surface area contributed by atoms with Crippen molar-refractivity contribution in [1.29, 1.82) is 0 Å². The van der Waals surface area contributed by atoms with Gasteiger partial charge in [-0.3, -0.25) is 14.4 Å². The van der Waals surface area contributed by atoms with Gasteiger partial charge in [-0.05, 0) is 31.0 Å². The number of nitrogens with zero attached hydrogens (tertiary/aromatic N) is 1. The predicted molar refractivity (Wildman–Crippen MR) is 102 cm³/mol. The lowest BCUT2D eigenvalue weighted by molar-refractivity contribution is -0.146. The van der Waals surface area contributed by atoms with Gasteiger partial charge in [0.25, 0.3) is 11.8 Å². The number of rotatable bonds is 6. The van der Waals surface area contributed by atoms with Crippen LogP contribution in [-0.4, -0.2) is 35.9 Å². The average molecular weight is 410 g/mol. The van der Waals surface area contributed by atoms with E-state index in [2.05, 4.69) is 15.6 Å². The second-order valence-corrected chi connectivity index (χ2v) is 6.39. The number of benzene rings is 1. The van der Waals surface area contributed by atoms with Crippen molar-refractivity contribution in [3.05, 3.63) is 57.2 Å². The number of aromatic nitrogens is 1. The SMILES string of the molecule is Cc1ccccc1C(=O)NCC(=O)OCC(=O)Nc1ncc(Cl)c(C)c1Cl.